The standard InChI is InChI=1S/C19H19N3O3/c23-19(21-15-4-3-13-7-11-24-17(13)12-15)22-16-2-1-10-25-18(16)14-5-8-20-9-6-14/h3-9,11-12,16,18H,1-2,10H2,(H2,21,22,23)/t16-,18+/m0/s1. The monoisotopic (exact) mass is 337 g/mol. The third kappa shape index (κ3) is 3.49. The third-order valence-corrected chi connectivity index (χ3v) is 4.39. The Morgan fingerprint density at radius 1 is 1.16 bits per heavy atom. The number of amides is 2. The molecule has 0 spiro atoms. The van der Waals surface area contributed by atoms with Crippen LogP contribution in [0.2, 0.25) is 0 Å². The fourth-order valence-corrected chi connectivity index (χ4v) is 3.18. The van der Waals surface area contributed by atoms with Gasteiger partial charge in [-0.05, 0) is 48.7 Å². The quantitative estimate of drug-likeness (QED) is 0.761. The summed E-state index contributed by atoms with van der Waals surface area (Å²) in [7, 11) is 0. The summed E-state index contributed by atoms with van der Waals surface area (Å²) >= 11 is 0. The Kier molecular flexibility index (Phi) is 4.35. The van der Waals surface area contributed by atoms with Gasteiger partial charge in [-0.1, -0.05) is 0 Å². The Balaban J connectivity index is 1.45. The van der Waals surface area contributed by atoms with Crippen LogP contribution in [-0.4, -0.2) is 23.7 Å². The van der Waals surface area contributed by atoms with E-state index in [0.717, 1.165) is 29.4 Å². The van der Waals surface area contributed by atoms with Crippen molar-refractivity contribution in [2.24, 2.45) is 0 Å². The number of fused-ring (bicyclic) bond motifs is 1. The summed E-state index contributed by atoms with van der Waals surface area (Å²) in [6, 6.07) is 11.0. The van der Waals surface area contributed by atoms with Crippen molar-refractivity contribution >= 4 is 22.7 Å². The summed E-state index contributed by atoms with van der Waals surface area (Å²) < 4.78 is 11.3. The molecular formula is C19H19N3O3. The molecule has 6 nitrogen and oxygen atoms in total. The Bertz CT molecular complexity index is 862. The zero-order valence-corrected chi connectivity index (χ0v) is 13.6. The van der Waals surface area contributed by atoms with Gasteiger partial charge >= 0.3 is 6.03 Å². The molecule has 0 bridgehead atoms. The molecule has 0 saturated carbocycles. The molecule has 1 aliphatic rings. The lowest BCUT2D eigenvalue weighted by Crippen LogP contribution is -2.44. The van der Waals surface area contributed by atoms with E-state index in [4.69, 9.17) is 9.15 Å². The number of carbonyl (C=O) groups is 1. The van der Waals surface area contributed by atoms with Crippen LogP contribution in [0, 0.1) is 0 Å². The predicted molar refractivity (Wildman–Crippen MR) is 94.3 cm³/mol. The van der Waals surface area contributed by atoms with Crippen molar-refractivity contribution in [1.29, 1.82) is 0 Å². The number of hydrogen-bond donors (Lipinski definition) is 2. The highest BCUT2D eigenvalue weighted by Crippen LogP contribution is 2.28. The van der Waals surface area contributed by atoms with Crippen LogP contribution >= 0.6 is 0 Å². The number of furan rings is 1. The zero-order chi connectivity index (χ0) is 17.1. The molecule has 0 radical (unpaired) electrons. The Morgan fingerprint density at radius 3 is 2.92 bits per heavy atom. The van der Waals surface area contributed by atoms with Crippen molar-refractivity contribution in [3.8, 4) is 0 Å². The predicted octanol–water partition coefficient (Wildman–Crippen LogP) is 3.87. The molecule has 3 heterocycles. The molecule has 0 aliphatic carbocycles. The lowest BCUT2D eigenvalue weighted by Gasteiger charge is -2.32. The van der Waals surface area contributed by atoms with Crippen LogP contribution in [0.5, 0.6) is 0 Å². The summed E-state index contributed by atoms with van der Waals surface area (Å²) in [4.78, 5) is 16.4. The second-order valence-electron chi connectivity index (χ2n) is 6.09. The minimum atomic E-state index is -0.250. The molecule has 6 heteroatoms. The number of urea groups is 1. The molecule has 128 valence electrons. The highest BCUT2D eigenvalue weighted by molar-refractivity contribution is 5.92. The summed E-state index contributed by atoms with van der Waals surface area (Å²) in [5, 5.41) is 6.90. The van der Waals surface area contributed by atoms with Gasteiger partial charge in [0, 0.05) is 36.1 Å². The number of anilines is 1. The number of pyridine rings is 1. The van der Waals surface area contributed by atoms with E-state index in [-0.39, 0.29) is 18.2 Å². The van der Waals surface area contributed by atoms with Crippen molar-refractivity contribution in [3.63, 3.8) is 0 Å². The first kappa shape index (κ1) is 15.7. The van der Waals surface area contributed by atoms with Crippen LogP contribution in [0.3, 0.4) is 0 Å². The van der Waals surface area contributed by atoms with Crippen molar-refractivity contribution in [2.75, 3.05) is 11.9 Å². The molecule has 2 N–H and O–H groups in total. The Hall–Kier alpha value is -2.86. The van der Waals surface area contributed by atoms with Crippen molar-refractivity contribution < 1.29 is 13.9 Å². The van der Waals surface area contributed by atoms with Crippen molar-refractivity contribution in [3.05, 3.63) is 60.6 Å². The minimum Gasteiger partial charge on any atom is -0.464 e. The van der Waals surface area contributed by atoms with Gasteiger partial charge in [0.25, 0.3) is 0 Å². The first-order valence-electron chi connectivity index (χ1n) is 8.36. The van der Waals surface area contributed by atoms with E-state index in [2.05, 4.69) is 15.6 Å². The fourth-order valence-electron chi connectivity index (χ4n) is 3.18. The molecule has 0 unspecified atom stereocenters. The smallest absolute Gasteiger partial charge is 0.319 e. The molecule has 3 aromatic rings. The van der Waals surface area contributed by atoms with Gasteiger partial charge in [0.15, 0.2) is 0 Å². The van der Waals surface area contributed by atoms with Gasteiger partial charge in [-0.25, -0.2) is 4.79 Å². The summed E-state index contributed by atoms with van der Waals surface area (Å²) in [5.74, 6) is 0. The highest BCUT2D eigenvalue weighted by Gasteiger charge is 2.28. The van der Waals surface area contributed by atoms with E-state index < -0.39 is 0 Å². The number of benzene rings is 1. The van der Waals surface area contributed by atoms with E-state index in [1.54, 1.807) is 18.7 Å². The first-order chi connectivity index (χ1) is 12.3. The van der Waals surface area contributed by atoms with Crippen LogP contribution in [0.25, 0.3) is 11.0 Å². The maximum atomic E-state index is 12.4. The van der Waals surface area contributed by atoms with Gasteiger partial charge in [0.05, 0.1) is 12.3 Å². The van der Waals surface area contributed by atoms with E-state index in [1.165, 1.54) is 0 Å². The molecular weight excluding hydrogens is 318 g/mol. The number of hydrogen-bond acceptors (Lipinski definition) is 4. The topological polar surface area (TPSA) is 76.4 Å². The molecule has 2 amide bonds. The molecule has 4 rings (SSSR count). The van der Waals surface area contributed by atoms with Gasteiger partial charge in [-0.3, -0.25) is 4.98 Å². The second-order valence-corrected chi connectivity index (χ2v) is 6.09. The van der Waals surface area contributed by atoms with Gasteiger partial charge in [-0.2, -0.15) is 0 Å². The lowest BCUT2D eigenvalue weighted by atomic mass is 9.97. The minimum absolute atomic E-state index is 0.0801. The van der Waals surface area contributed by atoms with Gasteiger partial charge in [-0.15, -0.1) is 0 Å². The number of nitrogens with one attached hydrogen (secondary N) is 2. The van der Waals surface area contributed by atoms with Crippen LogP contribution < -0.4 is 10.6 Å². The molecule has 1 aliphatic heterocycles. The summed E-state index contributed by atoms with van der Waals surface area (Å²) in [5.41, 5.74) is 2.46. The van der Waals surface area contributed by atoms with Gasteiger partial charge in [0.2, 0.25) is 0 Å². The van der Waals surface area contributed by atoms with Gasteiger partial charge in [0.1, 0.15) is 11.7 Å². The average molecular weight is 337 g/mol. The summed E-state index contributed by atoms with van der Waals surface area (Å²) in [6.45, 7) is 0.696. The lowest BCUT2D eigenvalue weighted by molar-refractivity contribution is -0.00701. The highest BCUT2D eigenvalue weighted by atomic mass is 16.5. The number of aromatic nitrogens is 1. The first-order valence-corrected chi connectivity index (χ1v) is 8.36. The number of ether oxygens (including phenoxy) is 1. The van der Waals surface area contributed by atoms with Crippen molar-refractivity contribution in [2.45, 2.75) is 25.0 Å². The summed E-state index contributed by atoms with van der Waals surface area (Å²) in [6.07, 6.45) is 6.75. The molecule has 1 fully saturated rings. The number of carbonyl (C=O) groups excluding carboxylic acids is 1. The second kappa shape index (κ2) is 6.94. The van der Waals surface area contributed by atoms with Crippen LogP contribution in [0.4, 0.5) is 10.5 Å². The van der Waals surface area contributed by atoms with Crippen LogP contribution in [-0.2, 0) is 4.74 Å². The van der Waals surface area contributed by atoms with Crippen LogP contribution in [0.1, 0.15) is 24.5 Å². The van der Waals surface area contributed by atoms with Gasteiger partial charge < -0.3 is 19.8 Å². The molecule has 1 saturated heterocycles. The molecule has 1 aromatic carbocycles. The van der Waals surface area contributed by atoms with E-state index in [1.807, 2.05) is 36.4 Å². The maximum absolute atomic E-state index is 12.4. The van der Waals surface area contributed by atoms with E-state index >= 15 is 0 Å². The van der Waals surface area contributed by atoms with Crippen LogP contribution in [0.15, 0.2) is 59.5 Å². The Morgan fingerprint density at radius 2 is 2.04 bits per heavy atom. The largest absolute Gasteiger partial charge is 0.464 e. The maximum Gasteiger partial charge on any atom is 0.319 e. The van der Waals surface area contributed by atoms with E-state index in [0.29, 0.717) is 12.3 Å². The SMILES string of the molecule is O=C(Nc1ccc2ccoc2c1)N[C@H]1CCCO[C@@H]1c1ccncc1. The molecule has 25 heavy (non-hydrogen) atoms. The number of nitrogens with zero attached hydrogens (tertiary/aromatic N) is 1. The zero-order valence-electron chi connectivity index (χ0n) is 13.6. The Labute approximate surface area is 145 Å². The fraction of sp³-hybridized carbons (Fsp3) is 0.263. The van der Waals surface area contributed by atoms with E-state index in [9.17, 15) is 4.79 Å². The third-order valence-electron chi connectivity index (χ3n) is 4.39. The molecule has 2 aromatic heterocycles. The average Bonchev–Trinajstić information content (AvgIpc) is 3.10. The number of rotatable bonds is 3. The normalized spacial score (nSPS) is 20.3. The molecule has 2 atom stereocenters. The van der Waals surface area contributed by atoms with Crippen molar-refractivity contribution in [1.82, 2.24) is 10.3 Å².